The standard InChI is InChI=1S/C10H11NO/c12-10(6-2-1-3-7-10)9-5-4-8-11-9/h1-6,8,11-12H,7H2. The Kier molecular flexibility index (Phi) is 1.62. The third kappa shape index (κ3) is 1.10. The summed E-state index contributed by atoms with van der Waals surface area (Å²) in [5.41, 5.74) is 0.0289. The Morgan fingerprint density at radius 2 is 2.33 bits per heavy atom. The van der Waals surface area contributed by atoms with Crippen LogP contribution in [0.2, 0.25) is 0 Å². The number of hydrogen-bond donors (Lipinski definition) is 2. The number of aromatic nitrogens is 1. The molecule has 1 aromatic rings. The van der Waals surface area contributed by atoms with Crippen LogP contribution >= 0.6 is 0 Å². The molecule has 1 unspecified atom stereocenters. The zero-order chi connectivity index (χ0) is 8.44. The third-order valence-corrected chi connectivity index (χ3v) is 2.11. The second-order valence-corrected chi connectivity index (χ2v) is 3.00. The lowest BCUT2D eigenvalue weighted by atomic mass is 9.92. The van der Waals surface area contributed by atoms with E-state index < -0.39 is 5.60 Å². The zero-order valence-electron chi connectivity index (χ0n) is 6.70. The summed E-state index contributed by atoms with van der Waals surface area (Å²) in [6.45, 7) is 0. The van der Waals surface area contributed by atoms with Gasteiger partial charge in [0.25, 0.3) is 0 Å². The third-order valence-electron chi connectivity index (χ3n) is 2.11. The van der Waals surface area contributed by atoms with Crippen molar-refractivity contribution in [1.29, 1.82) is 0 Å². The monoisotopic (exact) mass is 161 g/mol. The van der Waals surface area contributed by atoms with Gasteiger partial charge in [0.05, 0.1) is 5.69 Å². The highest BCUT2D eigenvalue weighted by atomic mass is 16.3. The van der Waals surface area contributed by atoms with Crippen molar-refractivity contribution in [3.63, 3.8) is 0 Å². The summed E-state index contributed by atoms with van der Waals surface area (Å²) in [7, 11) is 0. The number of aliphatic hydroxyl groups is 1. The van der Waals surface area contributed by atoms with Gasteiger partial charge in [-0.05, 0) is 18.2 Å². The molecule has 0 bridgehead atoms. The first-order chi connectivity index (χ1) is 5.81. The number of H-pyrrole nitrogens is 1. The summed E-state index contributed by atoms with van der Waals surface area (Å²) in [4.78, 5) is 3.01. The maximum atomic E-state index is 10.1. The van der Waals surface area contributed by atoms with Crippen molar-refractivity contribution in [1.82, 2.24) is 4.98 Å². The van der Waals surface area contributed by atoms with Gasteiger partial charge >= 0.3 is 0 Å². The lowest BCUT2D eigenvalue weighted by Gasteiger charge is -2.23. The first-order valence-electron chi connectivity index (χ1n) is 4.02. The van der Waals surface area contributed by atoms with Gasteiger partial charge in [-0.1, -0.05) is 18.2 Å². The predicted molar refractivity (Wildman–Crippen MR) is 47.6 cm³/mol. The molecule has 1 aliphatic carbocycles. The molecular weight excluding hydrogens is 150 g/mol. The highest BCUT2D eigenvalue weighted by Crippen LogP contribution is 2.27. The molecule has 0 aromatic carbocycles. The summed E-state index contributed by atoms with van der Waals surface area (Å²) in [6.07, 6.45) is 10.0. The Hall–Kier alpha value is -1.28. The van der Waals surface area contributed by atoms with Gasteiger partial charge in [0.1, 0.15) is 5.60 Å². The summed E-state index contributed by atoms with van der Waals surface area (Å²) in [5.74, 6) is 0. The van der Waals surface area contributed by atoms with Crippen molar-refractivity contribution in [3.8, 4) is 0 Å². The molecule has 0 aliphatic heterocycles. The molecule has 2 rings (SSSR count). The molecule has 1 atom stereocenters. The molecule has 1 aromatic heterocycles. The van der Waals surface area contributed by atoms with E-state index in [0.717, 1.165) is 5.69 Å². The fourth-order valence-corrected chi connectivity index (χ4v) is 1.41. The Bertz CT molecular complexity index is 311. The molecule has 0 saturated heterocycles. The minimum atomic E-state index is -0.821. The van der Waals surface area contributed by atoms with Crippen LogP contribution < -0.4 is 0 Å². The van der Waals surface area contributed by atoms with Gasteiger partial charge in [-0.3, -0.25) is 0 Å². The molecule has 1 heterocycles. The zero-order valence-corrected chi connectivity index (χ0v) is 6.70. The van der Waals surface area contributed by atoms with E-state index in [1.54, 1.807) is 6.08 Å². The van der Waals surface area contributed by atoms with Crippen molar-refractivity contribution >= 4 is 0 Å². The van der Waals surface area contributed by atoms with Crippen molar-refractivity contribution in [2.45, 2.75) is 12.0 Å². The van der Waals surface area contributed by atoms with Crippen molar-refractivity contribution in [2.75, 3.05) is 0 Å². The molecule has 12 heavy (non-hydrogen) atoms. The van der Waals surface area contributed by atoms with Crippen molar-refractivity contribution < 1.29 is 5.11 Å². The summed E-state index contributed by atoms with van der Waals surface area (Å²) in [5, 5.41) is 10.1. The number of allylic oxidation sites excluding steroid dienone is 2. The molecule has 0 fully saturated rings. The molecule has 2 N–H and O–H groups in total. The molecule has 1 aliphatic rings. The van der Waals surface area contributed by atoms with E-state index >= 15 is 0 Å². The molecular formula is C10H11NO. The molecule has 0 radical (unpaired) electrons. The van der Waals surface area contributed by atoms with E-state index in [1.165, 1.54) is 0 Å². The van der Waals surface area contributed by atoms with Crippen LogP contribution in [-0.2, 0) is 5.60 Å². The van der Waals surface area contributed by atoms with Crippen LogP contribution in [0.5, 0.6) is 0 Å². The maximum Gasteiger partial charge on any atom is 0.126 e. The largest absolute Gasteiger partial charge is 0.379 e. The SMILES string of the molecule is OC1(c2ccc[nH]2)C=CC=CC1. The molecule has 0 spiro atoms. The number of hydrogen-bond acceptors (Lipinski definition) is 1. The Labute approximate surface area is 71.2 Å². The van der Waals surface area contributed by atoms with Crippen LogP contribution in [0, 0.1) is 0 Å². The molecule has 0 amide bonds. The van der Waals surface area contributed by atoms with Gasteiger partial charge in [-0.2, -0.15) is 0 Å². The van der Waals surface area contributed by atoms with Gasteiger partial charge in [0.2, 0.25) is 0 Å². The summed E-state index contributed by atoms with van der Waals surface area (Å²) >= 11 is 0. The lowest BCUT2D eigenvalue weighted by Crippen LogP contribution is -2.23. The molecule has 2 nitrogen and oxygen atoms in total. The van der Waals surface area contributed by atoms with Crippen LogP contribution in [0.1, 0.15) is 12.1 Å². The Morgan fingerprint density at radius 1 is 1.42 bits per heavy atom. The van der Waals surface area contributed by atoms with E-state index in [9.17, 15) is 5.11 Å². The lowest BCUT2D eigenvalue weighted by molar-refractivity contribution is 0.0875. The Balaban J connectivity index is 2.34. The van der Waals surface area contributed by atoms with Gasteiger partial charge < -0.3 is 10.1 Å². The average Bonchev–Trinajstić information content (AvgIpc) is 2.58. The number of aromatic amines is 1. The van der Waals surface area contributed by atoms with Gasteiger partial charge in [-0.15, -0.1) is 0 Å². The second-order valence-electron chi connectivity index (χ2n) is 3.00. The number of nitrogens with one attached hydrogen (secondary N) is 1. The van der Waals surface area contributed by atoms with Crippen LogP contribution in [-0.4, -0.2) is 10.1 Å². The highest BCUT2D eigenvalue weighted by Gasteiger charge is 2.26. The van der Waals surface area contributed by atoms with Crippen LogP contribution in [0.3, 0.4) is 0 Å². The van der Waals surface area contributed by atoms with Crippen LogP contribution in [0.15, 0.2) is 42.6 Å². The maximum absolute atomic E-state index is 10.1. The fraction of sp³-hybridized carbons (Fsp3) is 0.200. The Morgan fingerprint density at radius 3 is 2.92 bits per heavy atom. The van der Waals surface area contributed by atoms with E-state index in [-0.39, 0.29) is 0 Å². The highest BCUT2D eigenvalue weighted by molar-refractivity contribution is 5.27. The van der Waals surface area contributed by atoms with E-state index in [2.05, 4.69) is 4.98 Å². The van der Waals surface area contributed by atoms with Crippen LogP contribution in [0.25, 0.3) is 0 Å². The number of rotatable bonds is 1. The van der Waals surface area contributed by atoms with E-state index in [0.29, 0.717) is 6.42 Å². The first kappa shape index (κ1) is 7.37. The van der Waals surface area contributed by atoms with Crippen LogP contribution in [0.4, 0.5) is 0 Å². The molecule has 0 saturated carbocycles. The van der Waals surface area contributed by atoms with Gasteiger partial charge in [0, 0.05) is 12.6 Å². The second kappa shape index (κ2) is 2.64. The summed E-state index contributed by atoms with van der Waals surface area (Å²) in [6, 6.07) is 3.78. The minimum absolute atomic E-state index is 0.643. The average molecular weight is 161 g/mol. The van der Waals surface area contributed by atoms with E-state index in [1.807, 2.05) is 36.6 Å². The first-order valence-corrected chi connectivity index (χ1v) is 4.02. The molecule has 2 heteroatoms. The quantitative estimate of drug-likeness (QED) is 0.646. The van der Waals surface area contributed by atoms with Gasteiger partial charge in [-0.25, -0.2) is 0 Å². The molecule has 62 valence electrons. The minimum Gasteiger partial charge on any atom is -0.379 e. The normalized spacial score (nSPS) is 27.8. The fourth-order valence-electron chi connectivity index (χ4n) is 1.41. The predicted octanol–water partition coefficient (Wildman–Crippen LogP) is 1.72. The topological polar surface area (TPSA) is 36.0 Å². The smallest absolute Gasteiger partial charge is 0.126 e. The van der Waals surface area contributed by atoms with E-state index in [4.69, 9.17) is 0 Å². The van der Waals surface area contributed by atoms with Gasteiger partial charge in [0.15, 0.2) is 0 Å². The van der Waals surface area contributed by atoms with Crippen molar-refractivity contribution in [3.05, 3.63) is 48.3 Å². The van der Waals surface area contributed by atoms with Crippen molar-refractivity contribution in [2.24, 2.45) is 0 Å². The summed E-state index contributed by atoms with van der Waals surface area (Å²) < 4.78 is 0.